The Bertz CT molecular complexity index is 312. The maximum absolute atomic E-state index is 6.09. The van der Waals surface area contributed by atoms with E-state index in [1.165, 1.54) is 18.4 Å². The lowest BCUT2D eigenvalue weighted by molar-refractivity contribution is 0.693. The summed E-state index contributed by atoms with van der Waals surface area (Å²) < 4.78 is 0. The monoisotopic (exact) mass is 308 g/mol. The van der Waals surface area contributed by atoms with E-state index in [1.807, 2.05) is 18.2 Å². The molecule has 0 fully saturated rings. The molecule has 0 saturated heterocycles. The van der Waals surface area contributed by atoms with E-state index in [0.717, 1.165) is 17.9 Å². The van der Waals surface area contributed by atoms with Gasteiger partial charge in [-0.25, -0.2) is 0 Å². The Morgan fingerprint density at radius 1 is 1.27 bits per heavy atom. The van der Waals surface area contributed by atoms with Crippen LogP contribution in [0.5, 0.6) is 0 Å². The van der Waals surface area contributed by atoms with E-state index < -0.39 is 0 Å². The summed E-state index contributed by atoms with van der Waals surface area (Å²) in [6.45, 7) is 2.20. The summed E-state index contributed by atoms with van der Waals surface area (Å²) in [7, 11) is 0. The molecule has 0 amide bonds. The summed E-state index contributed by atoms with van der Waals surface area (Å²) in [4.78, 5) is 0.592. The van der Waals surface area contributed by atoms with Crippen molar-refractivity contribution in [3.63, 3.8) is 0 Å². The molecule has 1 aromatic rings. The average Bonchev–Trinajstić information content (AvgIpc) is 2.17. The lowest BCUT2D eigenvalue weighted by atomic mass is 10.1. The van der Waals surface area contributed by atoms with Crippen molar-refractivity contribution in [2.24, 2.45) is 0 Å². The molecule has 84 valence electrons. The Morgan fingerprint density at radius 3 is 2.60 bits per heavy atom. The first-order chi connectivity index (χ1) is 7.13. The number of benzene rings is 1. The van der Waals surface area contributed by atoms with Crippen molar-refractivity contribution in [2.45, 2.75) is 37.4 Å². The zero-order valence-electron chi connectivity index (χ0n) is 8.77. The van der Waals surface area contributed by atoms with Crippen LogP contribution < -0.4 is 0 Å². The van der Waals surface area contributed by atoms with Crippen molar-refractivity contribution in [3.05, 3.63) is 33.8 Å². The van der Waals surface area contributed by atoms with Crippen LogP contribution in [0.4, 0.5) is 0 Å². The quantitative estimate of drug-likeness (QED) is 0.631. The summed E-state index contributed by atoms with van der Waals surface area (Å²) in [5, 5.41) is 1.48. The Kier molecular flexibility index (Phi) is 6.03. The molecule has 0 spiro atoms. The highest BCUT2D eigenvalue weighted by Gasteiger charge is 2.06. The van der Waals surface area contributed by atoms with Gasteiger partial charge in [-0.05, 0) is 37.0 Å². The van der Waals surface area contributed by atoms with E-state index in [9.17, 15) is 0 Å². The third-order valence-electron chi connectivity index (χ3n) is 2.34. The summed E-state index contributed by atoms with van der Waals surface area (Å²) >= 11 is 15.6. The van der Waals surface area contributed by atoms with Gasteiger partial charge in [0.2, 0.25) is 0 Å². The second-order valence-electron chi connectivity index (χ2n) is 3.66. The molecule has 0 N–H and O–H groups in total. The van der Waals surface area contributed by atoms with Crippen LogP contribution >= 0.6 is 39.1 Å². The van der Waals surface area contributed by atoms with E-state index >= 15 is 0 Å². The van der Waals surface area contributed by atoms with Crippen LogP contribution in [0.3, 0.4) is 0 Å². The van der Waals surface area contributed by atoms with Gasteiger partial charge >= 0.3 is 0 Å². The van der Waals surface area contributed by atoms with Crippen LogP contribution in [-0.2, 0) is 6.42 Å². The molecule has 1 aromatic carbocycles. The van der Waals surface area contributed by atoms with Crippen molar-refractivity contribution in [3.8, 4) is 0 Å². The smallest absolute Gasteiger partial charge is 0.0452 e. The fraction of sp³-hybridized carbons (Fsp3) is 0.500. The van der Waals surface area contributed by atoms with Gasteiger partial charge in [0.25, 0.3) is 0 Å². The third-order valence-corrected chi connectivity index (χ3v) is 3.85. The van der Waals surface area contributed by atoms with Crippen LogP contribution in [0.25, 0.3) is 0 Å². The van der Waals surface area contributed by atoms with Crippen molar-refractivity contribution < 1.29 is 0 Å². The van der Waals surface area contributed by atoms with Crippen LogP contribution in [0, 0.1) is 0 Å². The van der Waals surface area contributed by atoms with Crippen molar-refractivity contribution >= 4 is 39.1 Å². The summed E-state index contributed by atoms with van der Waals surface area (Å²) in [5.74, 6) is 0. The number of rotatable bonds is 5. The largest absolute Gasteiger partial charge is 0.0891 e. The van der Waals surface area contributed by atoms with E-state index in [-0.39, 0.29) is 0 Å². The van der Waals surface area contributed by atoms with Gasteiger partial charge in [-0.3, -0.25) is 0 Å². The molecule has 1 unspecified atom stereocenters. The number of alkyl halides is 1. The Hall–Kier alpha value is 0.280. The SMILES string of the molecule is CCCC(Br)CCc1ccc(Cl)cc1Cl. The molecule has 1 rings (SSSR count). The highest BCUT2D eigenvalue weighted by atomic mass is 79.9. The fourth-order valence-corrected chi connectivity index (χ4v) is 2.68. The normalized spacial score (nSPS) is 12.8. The molecule has 1 atom stereocenters. The summed E-state index contributed by atoms with van der Waals surface area (Å²) in [6, 6.07) is 5.71. The van der Waals surface area contributed by atoms with Gasteiger partial charge in [0.15, 0.2) is 0 Å². The van der Waals surface area contributed by atoms with Gasteiger partial charge in [0.05, 0.1) is 0 Å². The van der Waals surface area contributed by atoms with Gasteiger partial charge in [0, 0.05) is 14.9 Å². The fourth-order valence-electron chi connectivity index (χ4n) is 1.49. The van der Waals surface area contributed by atoms with E-state index in [4.69, 9.17) is 23.2 Å². The molecule has 15 heavy (non-hydrogen) atoms. The number of hydrogen-bond donors (Lipinski definition) is 0. The van der Waals surface area contributed by atoms with Gasteiger partial charge < -0.3 is 0 Å². The standard InChI is InChI=1S/C12H15BrCl2/c1-2-3-10(13)6-4-9-5-7-11(14)8-12(9)15/h5,7-8,10H,2-4,6H2,1H3. The van der Waals surface area contributed by atoms with E-state index in [0.29, 0.717) is 9.85 Å². The molecule has 0 aromatic heterocycles. The average molecular weight is 310 g/mol. The lowest BCUT2D eigenvalue weighted by Crippen LogP contribution is -1.99. The molecular weight excluding hydrogens is 295 g/mol. The summed E-state index contributed by atoms with van der Waals surface area (Å²) in [5.41, 5.74) is 1.18. The Morgan fingerprint density at radius 2 is 2.00 bits per heavy atom. The van der Waals surface area contributed by atoms with Crippen LogP contribution in [0.1, 0.15) is 31.7 Å². The first-order valence-corrected chi connectivity index (χ1v) is 6.88. The summed E-state index contributed by atoms with van der Waals surface area (Å²) in [6.07, 6.45) is 4.55. The maximum Gasteiger partial charge on any atom is 0.0452 e. The van der Waals surface area contributed by atoms with Gasteiger partial charge in [-0.15, -0.1) is 0 Å². The molecule has 0 aliphatic rings. The molecule has 0 aliphatic heterocycles. The third kappa shape index (κ3) is 4.76. The molecule has 0 saturated carbocycles. The molecule has 0 aliphatic carbocycles. The number of halogens is 3. The van der Waals surface area contributed by atoms with E-state index in [1.54, 1.807) is 0 Å². The predicted molar refractivity (Wildman–Crippen MR) is 72.4 cm³/mol. The molecular formula is C12H15BrCl2. The first-order valence-electron chi connectivity index (χ1n) is 5.21. The van der Waals surface area contributed by atoms with Crippen LogP contribution in [-0.4, -0.2) is 4.83 Å². The van der Waals surface area contributed by atoms with Gasteiger partial charge in [-0.1, -0.05) is 58.5 Å². The molecule has 0 heterocycles. The van der Waals surface area contributed by atoms with E-state index in [2.05, 4.69) is 22.9 Å². The number of aryl methyl sites for hydroxylation is 1. The second-order valence-corrected chi connectivity index (χ2v) is 5.80. The van der Waals surface area contributed by atoms with Gasteiger partial charge in [0.1, 0.15) is 0 Å². The molecule has 0 radical (unpaired) electrons. The second kappa shape index (κ2) is 6.78. The zero-order chi connectivity index (χ0) is 11.3. The highest BCUT2D eigenvalue weighted by molar-refractivity contribution is 9.09. The topological polar surface area (TPSA) is 0 Å². The molecule has 3 heteroatoms. The minimum Gasteiger partial charge on any atom is -0.0891 e. The van der Waals surface area contributed by atoms with Crippen LogP contribution in [0.15, 0.2) is 18.2 Å². The minimum atomic E-state index is 0.592. The Balaban J connectivity index is 2.50. The van der Waals surface area contributed by atoms with Crippen LogP contribution in [0.2, 0.25) is 10.0 Å². The Labute approximate surface area is 110 Å². The zero-order valence-corrected chi connectivity index (χ0v) is 11.9. The minimum absolute atomic E-state index is 0.592. The van der Waals surface area contributed by atoms with Crippen molar-refractivity contribution in [1.82, 2.24) is 0 Å². The predicted octanol–water partition coefficient (Wildman–Crippen LogP) is 5.49. The van der Waals surface area contributed by atoms with Crippen molar-refractivity contribution in [1.29, 1.82) is 0 Å². The molecule has 0 nitrogen and oxygen atoms in total. The number of hydrogen-bond acceptors (Lipinski definition) is 0. The molecule has 0 bridgehead atoms. The highest BCUT2D eigenvalue weighted by Crippen LogP contribution is 2.24. The lowest BCUT2D eigenvalue weighted by Gasteiger charge is -2.09. The maximum atomic E-state index is 6.09. The first kappa shape index (κ1) is 13.3. The van der Waals surface area contributed by atoms with Crippen molar-refractivity contribution in [2.75, 3.05) is 0 Å². The van der Waals surface area contributed by atoms with Gasteiger partial charge in [-0.2, -0.15) is 0 Å².